The summed E-state index contributed by atoms with van der Waals surface area (Å²) >= 11 is 0. The Morgan fingerprint density at radius 3 is 2.70 bits per heavy atom. The molecule has 0 aliphatic carbocycles. The maximum atomic E-state index is 12.0. The molecule has 1 aromatic carbocycles. The van der Waals surface area contributed by atoms with Crippen LogP contribution in [0.2, 0.25) is 0 Å². The predicted octanol–water partition coefficient (Wildman–Crippen LogP) is -2.18. The Bertz CT molecular complexity index is 716. The van der Waals surface area contributed by atoms with Gasteiger partial charge in [0, 0.05) is 18.5 Å². The van der Waals surface area contributed by atoms with Crippen molar-refractivity contribution in [3.8, 4) is 11.5 Å². The zero-order valence-electron chi connectivity index (χ0n) is 12.4. The molecule has 0 aliphatic rings. The fourth-order valence-electron chi connectivity index (χ4n) is 1.69. The first-order valence-electron chi connectivity index (χ1n) is 6.34. The van der Waals surface area contributed by atoms with Crippen molar-refractivity contribution in [1.82, 2.24) is 4.98 Å². The van der Waals surface area contributed by atoms with Gasteiger partial charge in [0.2, 0.25) is 0 Å². The predicted molar refractivity (Wildman–Crippen MR) is 76.2 cm³/mol. The van der Waals surface area contributed by atoms with Crippen LogP contribution >= 0.6 is 0 Å². The van der Waals surface area contributed by atoms with Crippen LogP contribution in [-0.2, 0) is 4.79 Å². The summed E-state index contributed by atoms with van der Waals surface area (Å²) in [6, 6.07) is 7.45. The fourth-order valence-corrected chi connectivity index (χ4v) is 1.69. The Labute approximate surface area is 154 Å². The molecule has 0 fully saturated rings. The van der Waals surface area contributed by atoms with E-state index in [0.29, 0.717) is 0 Å². The molecular formula is C16H12NNaO5. The molecule has 0 aliphatic heterocycles. The molecule has 0 unspecified atom stereocenters. The van der Waals surface area contributed by atoms with Gasteiger partial charge >= 0.3 is 29.6 Å². The monoisotopic (exact) mass is 321 g/mol. The van der Waals surface area contributed by atoms with E-state index >= 15 is 0 Å². The average molecular weight is 321 g/mol. The SMILES string of the molecule is O=C([O-])COc1ccc(C(=O)C=Cc2cccnc2)c(O)c1.[Na+]. The summed E-state index contributed by atoms with van der Waals surface area (Å²) < 4.78 is 4.85. The Morgan fingerprint density at radius 1 is 1.30 bits per heavy atom. The zero-order valence-corrected chi connectivity index (χ0v) is 14.4. The summed E-state index contributed by atoms with van der Waals surface area (Å²) in [7, 11) is 0. The first-order chi connectivity index (χ1) is 10.6. The number of aromatic nitrogens is 1. The number of carbonyl (C=O) groups excluding carboxylic acids is 2. The molecule has 112 valence electrons. The van der Waals surface area contributed by atoms with Crippen LogP contribution in [0.15, 0.2) is 48.8 Å². The van der Waals surface area contributed by atoms with E-state index in [0.717, 1.165) is 5.56 Å². The molecule has 1 N–H and O–H groups in total. The van der Waals surface area contributed by atoms with Gasteiger partial charge in [0.1, 0.15) is 18.1 Å². The summed E-state index contributed by atoms with van der Waals surface area (Å²) in [6.45, 7) is -0.631. The number of aromatic hydroxyl groups is 1. The number of carboxylic acids is 1. The van der Waals surface area contributed by atoms with E-state index in [1.807, 2.05) is 0 Å². The number of rotatable bonds is 6. The molecule has 0 spiro atoms. The first kappa shape index (κ1) is 18.9. The Kier molecular flexibility index (Phi) is 7.47. The molecular weight excluding hydrogens is 309 g/mol. The number of carbonyl (C=O) groups is 2. The zero-order chi connectivity index (χ0) is 15.9. The minimum Gasteiger partial charge on any atom is -0.546 e. The van der Waals surface area contributed by atoms with E-state index in [9.17, 15) is 19.8 Å². The van der Waals surface area contributed by atoms with Gasteiger partial charge in [-0.1, -0.05) is 6.07 Å². The van der Waals surface area contributed by atoms with E-state index in [2.05, 4.69) is 4.98 Å². The number of hydrogen-bond donors (Lipinski definition) is 1. The van der Waals surface area contributed by atoms with E-state index < -0.39 is 18.4 Å². The van der Waals surface area contributed by atoms with E-state index in [1.165, 1.54) is 24.3 Å². The smallest absolute Gasteiger partial charge is 0.546 e. The third kappa shape index (κ3) is 5.86. The van der Waals surface area contributed by atoms with Crippen molar-refractivity contribution in [2.75, 3.05) is 6.61 Å². The minimum absolute atomic E-state index is 0. The molecule has 7 heteroatoms. The van der Waals surface area contributed by atoms with Gasteiger partial charge in [0.05, 0.1) is 11.5 Å². The van der Waals surface area contributed by atoms with Gasteiger partial charge in [0.25, 0.3) is 0 Å². The van der Waals surface area contributed by atoms with Crippen molar-refractivity contribution in [2.45, 2.75) is 0 Å². The molecule has 0 saturated heterocycles. The standard InChI is InChI=1S/C16H13NO5.Na/c18-14(6-3-11-2-1-7-17-9-11)13-5-4-12(8-15(13)19)22-10-16(20)21;/h1-9,19H,10H2,(H,20,21);/q;+1/p-1. The van der Waals surface area contributed by atoms with Crippen LogP contribution in [0.3, 0.4) is 0 Å². The molecule has 2 aromatic rings. The normalized spacial score (nSPS) is 10.1. The van der Waals surface area contributed by atoms with Crippen LogP contribution in [0.5, 0.6) is 11.5 Å². The van der Waals surface area contributed by atoms with Gasteiger partial charge in [-0.05, 0) is 35.9 Å². The molecule has 0 radical (unpaired) electrons. The van der Waals surface area contributed by atoms with Gasteiger partial charge in [-0.15, -0.1) is 0 Å². The number of hydrogen-bond acceptors (Lipinski definition) is 6. The van der Waals surface area contributed by atoms with Crippen LogP contribution in [0.4, 0.5) is 0 Å². The Hall–Kier alpha value is -2.15. The number of phenolic OH excluding ortho intramolecular Hbond substituents is 1. The topological polar surface area (TPSA) is 99.6 Å². The summed E-state index contributed by atoms with van der Waals surface area (Å²) in [6.07, 6.45) is 6.11. The first-order valence-corrected chi connectivity index (χ1v) is 6.34. The van der Waals surface area contributed by atoms with Crippen molar-refractivity contribution in [1.29, 1.82) is 0 Å². The number of aliphatic carboxylic acids is 1. The van der Waals surface area contributed by atoms with Gasteiger partial charge in [-0.2, -0.15) is 0 Å². The summed E-state index contributed by atoms with van der Waals surface area (Å²) in [4.78, 5) is 26.2. The molecule has 0 amide bonds. The molecule has 0 atom stereocenters. The van der Waals surface area contributed by atoms with Crippen LogP contribution < -0.4 is 39.4 Å². The van der Waals surface area contributed by atoms with Crippen molar-refractivity contribution in [2.24, 2.45) is 0 Å². The fraction of sp³-hybridized carbons (Fsp3) is 0.0625. The van der Waals surface area contributed by atoms with Crippen LogP contribution in [-0.4, -0.2) is 28.4 Å². The number of pyridine rings is 1. The largest absolute Gasteiger partial charge is 1.00 e. The van der Waals surface area contributed by atoms with Crippen molar-refractivity contribution in [3.05, 3.63) is 59.9 Å². The third-order valence-corrected chi connectivity index (χ3v) is 2.70. The second kappa shape index (κ2) is 9.09. The van der Waals surface area contributed by atoms with Gasteiger partial charge in [-0.25, -0.2) is 0 Å². The van der Waals surface area contributed by atoms with Crippen LogP contribution in [0.1, 0.15) is 15.9 Å². The number of ketones is 1. The maximum Gasteiger partial charge on any atom is 1.00 e. The van der Waals surface area contributed by atoms with Crippen molar-refractivity contribution in [3.63, 3.8) is 0 Å². The number of nitrogens with zero attached hydrogens (tertiary/aromatic N) is 1. The quantitative estimate of drug-likeness (QED) is 0.369. The number of ether oxygens (including phenoxy) is 1. The number of carboxylic acid groups (broad SMARTS) is 1. The molecule has 2 rings (SSSR count). The molecule has 23 heavy (non-hydrogen) atoms. The van der Waals surface area contributed by atoms with Crippen molar-refractivity contribution >= 4 is 17.8 Å². The molecule has 1 aromatic heterocycles. The number of allylic oxidation sites excluding steroid dienone is 1. The second-order valence-corrected chi connectivity index (χ2v) is 4.32. The minimum atomic E-state index is -1.38. The van der Waals surface area contributed by atoms with Gasteiger partial charge in [-0.3, -0.25) is 9.78 Å². The third-order valence-electron chi connectivity index (χ3n) is 2.70. The maximum absolute atomic E-state index is 12.0. The summed E-state index contributed by atoms with van der Waals surface area (Å²) in [5.74, 6) is -1.93. The second-order valence-electron chi connectivity index (χ2n) is 4.32. The number of benzene rings is 1. The van der Waals surface area contributed by atoms with E-state index in [1.54, 1.807) is 30.6 Å². The molecule has 0 saturated carbocycles. The molecule has 1 heterocycles. The molecule has 0 bridgehead atoms. The Balaban J connectivity index is 0.00000264. The summed E-state index contributed by atoms with van der Waals surface area (Å²) in [5.41, 5.74) is 0.838. The van der Waals surface area contributed by atoms with Crippen LogP contribution in [0.25, 0.3) is 6.08 Å². The van der Waals surface area contributed by atoms with Gasteiger partial charge in [0.15, 0.2) is 5.78 Å². The summed E-state index contributed by atoms with van der Waals surface area (Å²) in [5, 5.41) is 20.1. The average Bonchev–Trinajstić information content (AvgIpc) is 2.51. The van der Waals surface area contributed by atoms with E-state index in [-0.39, 0.29) is 46.6 Å². The number of phenols is 1. The van der Waals surface area contributed by atoms with Gasteiger partial charge < -0.3 is 19.7 Å². The van der Waals surface area contributed by atoms with Crippen LogP contribution in [0, 0.1) is 0 Å². The molecule has 6 nitrogen and oxygen atoms in total. The van der Waals surface area contributed by atoms with E-state index in [4.69, 9.17) is 4.74 Å². The Morgan fingerprint density at radius 2 is 2.09 bits per heavy atom. The van der Waals surface area contributed by atoms with Crippen molar-refractivity contribution < 1.29 is 54.1 Å².